The van der Waals surface area contributed by atoms with Crippen LogP contribution in [0.1, 0.15) is 32.3 Å². The van der Waals surface area contributed by atoms with E-state index in [0.717, 1.165) is 0 Å². The number of hydrogen-bond acceptors (Lipinski definition) is 3. The summed E-state index contributed by atoms with van der Waals surface area (Å²) in [6, 6.07) is 5.07. The lowest BCUT2D eigenvalue weighted by atomic mass is 10.0. The number of carbonyl (C=O) groups excluding carboxylic acids is 1. The summed E-state index contributed by atoms with van der Waals surface area (Å²) in [6.07, 6.45) is 0.916. The maximum Gasteiger partial charge on any atom is 0.256 e. The fourth-order valence-corrected chi connectivity index (χ4v) is 1.77. The van der Waals surface area contributed by atoms with E-state index in [1.165, 1.54) is 7.11 Å². The Morgan fingerprint density at radius 1 is 1.52 bits per heavy atom. The number of ether oxygens (including phenoxy) is 1. The molecule has 0 saturated carbocycles. The van der Waals surface area contributed by atoms with Crippen LogP contribution in [0.4, 0.5) is 5.69 Å². The predicted molar refractivity (Wildman–Crippen MR) is 84.4 cm³/mol. The highest BCUT2D eigenvalue weighted by atomic mass is 35.5. The van der Waals surface area contributed by atoms with Crippen molar-refractivity contribution in [2.24, 2.45) is 0 Å². The van der Waals surface area contributed by atoms with Crippen LogP contribution in [0.5, 0.6) is 0 Å². The summed E-state index contributed by atoms with van der Waals surface area (Å²) in [5.41, 5.74) is 0.292. The minimum absolute atomic E-state index is 0.00710. The number of anilines is 1. The molecule has 0 aliphatic heterocycles. The Morgan fingerprint density at radius 2 is 2.24 bits per heavy atom. The van der Waals surface area contributed by atoms with Crippen LogP contribution in [-0.2, 0) is 9.53 Å². The molecule has 1 unspecified atom stereocenters. The minimum atomic E-state index is -0.893. The molecule has 4 nitrogen and oxygen atoms in total. The van der Waals surface area contributed by atoms with Gasteiger partial charge < -0.3 is 15.2 Å². The second kappa shape index (κ2) is 8.04. The minimum Gasteiger partial charge on any atom is -0.395 e. The van der Waals surface area contributed by atoms with Gasteiger partial charge in [-0.05, 0) is 31.5 Å². The molecule has 0 aliphatic carbocycles. The Kier molecular flexibility index (Phi) is 6.70. The van der Waals surface area contributed by atoms with Crippen LogP contribution in [0, 0.1) is 11.8 Å². The first-order valence-corrected chi connectivity index (χ1v) is 7.10. The summed E-state index contributed by atoms with van der Waals surface area (Å²) in [5, 5.41) is 12.1. The van der Waals surface area contributed by atoms with Gasteiger partial charge in [0, 0.05) is 24.1 Å². The van der Waals surface area contributed by atoms with Crippen molar-refractivity contribution in [3.8, 4) is 11.8 Å². The molecule has 114 valence electrons. The van der Waals surface area contributed by atoms with Crippen molar-refractivity contribution < 1.29 is 14.6 Å². The number of amides is 1. The Bertz CT molecular complexity index is 556. The summed E-state index contributed by atoms with van der Waals surface area (Å²) in [7, 11) is 1.51. The largest absolute Gasteiger partial charge is 0.395 e. The number of aliphatic hydroxyl groups is 1. The molecule has 0 saturated heterocycles. The first kappa shape index (κ1) is 17.5. The molecule has 0 spiro atoms. The van der Waals surface area contributed by atoms with Crippen molar-refractivity contribution in [3.63, 3.8) is 0 Å². The Hall–Kier alpha value is -1.54. The first-order chi connectivity index (χ1) is 9.96. The molecule has 0 bridgehead atoms. The SMILES string of the molecule is CCC(C)(OC)C(=O)Nc1ccc(Cl)cc1C#CCCO. The number of nitrogens with one attached hydrogen (secondary N) is 1. The number of halogens is 1. The molecule has 0 fully saturated rings. The molecule has 5 heteroatoms. The van der Waals surface area contributed by atoms with Crippen molar-refractivity contribution in [3.05, 3.63) is 28.8 Å². The van der Waals surface area contributed by atoms with Crippen LogP contribution in [0.2, 0.25) is 5.02 Å². The quantitative estimate of drug-likeness (QED) is 0.822. The maximum absolute atomic E-state index is 12.3. The zero-order valence-corrected chi connectivity index (χ0v) is 13.3. The van der Waals surface area contributed by atoms with Gasteiger partial charge in [0.25, 0.3) is 5.91 Å². The monoisotopic (exact) mass is 309 g/mol. The van der Waals surface area contributed by atoms with Crippen molar-refractivity contribution in [2.45, 2.75) is 32.3 Å². The standard InChI is InChI=1S/C16H20ClNO3/c1-4-16(2,21-3)15(20)18-14-9-8-13(17)11-12(14)7-5-6-10-19/h8-9,11,19H,4,6,10H2,1-3H3,(H,18,20). The van der Waals surface area contributed by atoms with E-state index in [1.807, 2.05) is 6.92 Å². The summed E-state index contributed by atoms with van der Waals surface area (Å²) in [4.78, 5) is 12.3. The molecule has 1 rings (SSSR count). The van der Waals surface area contributed by atoms with Crippen molar-refractivity contribution >= 4 is 23.2 Å². The van der Waals surface area contributed by atoms with E-state index in [9.17, 15) is 4.79 Å². The summed E-state index contributed by atoms with van der Waals surface area (Å²) >= 11 is 5.96. The van der Waals surface area contributed by atoms with E-state index in [-0.39, 0.29) is 12.5 Å². The first-order valence-electron chi connectivity index (χ1n) is 6.72. The summed E-state index contributed by atoms with van der Waals surface area (Å²) in [6.45, 7) is 3.61. The second-order valence-electron chi connectivity index (χ2n) is 4.71. The third-order valence-corrected chi connectivity index (χ3v) is 3.53. The van der Waals surface area contributed by atoms with Gasteiger partial charge in [-0.15, -0.1) is 0 Å². The van der Waals surface area contributed by atoms with Crippen LogP contribution < -0.4 is 5.32 Å². The molecule has 1 atom stereocenters. The van der Waals surface area contributed by atoms with Crippen LogP contribution in [0.3, 0.4) is 0 Å². The number of hydrogen-bond donors (Lipinski definition) is 2. The molecule has 2 N–H and O–H groups in total. The Morgan fingerprint density at radius 3 is 2.81 bits per heavy atom. The Balaban J connectivity index is 3.03. The Labute approximate surface area is 130 Å². The normalized spacial score (nSPS) is 13.0. The van der Waals surface area contributed by atoms with E-state index >= 15 is 0 Å². The van der Waals surface area contributed by atoms with E-state index in [4.69, 9.17) is 21.4 Å². The topological polar surface area (TPSA) is 58.6 Å². The highest BCUT2D eigenvalue weighted by molar-refractivity contribution is 6.30. The molecule has 0 aliphatic rings. The zero-order chi connectivity index (χ0) is 15.9. The van der Waals surface area contributed by atoms with Gasteiger partial charge in [-0.25, -0.2) is 0 Å². The molecule has 1 aromatic carbocycles. The average molecular weight is 310 g/mol. The maximum atomic E-state index is 12.3. The van der Waals surface area contributed by atoms with E-state index in [1.54, 1.807) is 25.1 Å². The summed E-state index contributed by atoms with van der Waals surface area (Å²) in [5.74, 6) is 5.48. The molecular formula is C16H20ClNO3. The van der Waals surface area contributed by atoms with Crippen molar-refractivity contribution in [1.82, 2.24) is 0 Å². The molecule has 21 heavy (non-hydrogen) atoms. The zero-order valence-electron chi connectivity index (χ0n) is 12.5. The van der Waals surface area contributed by atoms with Crippen LogP contribution in [-0.4, -0.2) is 30.3 Å². The van der Waals surface area contributed by atoms with Crippen molar-refractivity contribution in [2.75, 3.05) is 19.0 Å². The van der Waals surface area contributed by atoms with E-state index in [0.29, 0.717) is 29.1 Å². The highest BCUT2D eigenvalue weighted by Crippen LogP contribution is 2.23. The number of carbonyl (C=O) groups is 1. The lowest BCUT2D eigenvalue weighted by Crippen LogP contribution is -2.41. The van der Waals surface area contributed by atoms with Gasteiger partial charge in [-0.2, -0.15) is 0 Å². The van der Waals surface area contributed by atoms with Gasteiger partial charge in [-0.3, -0.25) is 4.79 Å². The van der Waals surface area contributed by atoms with Crippen LogP contribution in [0.15, 0.2) is 18.2 Å². The lowest BCUT2D eigenvalue weighted by Gasteiger charge is -2.25. The van der Waals surface area contributed by atoms with Gasteiger partial charge in [0.05, 0.1) is 12.3 Å². The molecule has 0 heterocycles. The molecule has 1 amide bonds. The van der Waals surface area contributed by atoms with Crippen molar-refractivity contribution in [1.29, 1.82) is 0 Å². The fraction of sp³-hybridized carbons (Fsp3) is 0.438. The van der Waals surface area contributed by atoms with Gasteiger partial charge in [0.15, 0.2) is 0 Å². The van der Waals surface area contributed by atoms with Crippen LogP contribution >= 0.6 is 11.6 Å². The third-order valence-electron chi connectivity index (χ3n) is 3.30. The number of methoxy groups -OCH3 is 1. The average Bonchev–Trinajstić information content (AvgIpc) is 2.49. The molecule has 0 radical (unpaired) electrons. The second-order valence-corrected chi connectivity index (χ2v) is 5.14. The van der Waals surface area contributed by atoms with Gasteiger partial charge in [-0.1, -0.05) is 30.4 Å². The highest BCUT2D eigenvalue weighted by Gasteiger charge is 2.31. The van der Waals surface area contributed by atoms with Gasteiger partial charge in [0.1, 0.15) is 5.60 Å². The van der Waals surface area contributed by atoms with Crippen LogP contribution in [0.25, 0.3) is 0 Å². The summed E-state index contributed by atoms with van der Waals surface area (Å²) < 4.78 is 5.28. The lowest BCUT2D eigenvalue weighted by molar-refractivity contribution is -0.136. The smallest absolute Gasteiger partial charge is 0.256 e. The molecule has 0 aromatic heterocycles. The van der Waals surface area contributed by atoms with Gasteiger partial charge >= 0.3 is 0 Å². The fourth-order valence-electron chi connectivity index (χ4n) is 1.59. The predicted octanol–water partition coefficient (Wildman–Crippen LogP) is 2.83. The number of benzene rings is 1. The number of aliphatic hydroxyl groups excluding tert-OH is 1. The van der Waals surface area contributed by atoms with E-state index in [2.05, 4.69) is 17.2 Å². The number of rotatable bonds is 5. The molecule has 1 aromatic rings. The molecular weight excluding hydrogens is 290 g/mol. The van der Waals surface area contributed by atoms with Gasteiger partial charge in [0.2, 0.25) is 0 Å². The third kappa shape index (κ3) is 4.75. The van der Waals surface area contributed by atoms with E-state index < -0.39 is 5.60 Å².